The van der Waals surface area contributed by atoms with Crippen LogP contribution in [0.25, 0.3) is 11.4 Å². The topological polar surface area (TPSA) is 88.3 Å². The molecule has 0 unspecified atom stereocenters. The number of benzene rings is 2. The van der Waals surface area contributed by atoms with Crippen molar-refractivity contribution in [2.75, 3.05) is 18.4 Å². The molecular weight excluding hydrogens is 380 g/mol. The maximum Gasteiger partial charge on any atom is 0.253 e. The smallest absolute Gasteiger partial charge is 0.253 e. The zero-order valence-electron chi connectivity index (χ0n) is 17.1. The normalized spacial score (nSPS) is 14.5. The van der Waals surface area contributed by atoms with Gasteiger partial charge >= 0.3 is 0 Å². The van der Waals surface area contributed by atoms with E-state index in [9.17, 15) is 9.59 Å². The average Bonchev–Trinajstić information content (AvgIpc) is 3.24. The Labute approximate surface area is 175 Å². The van der Waals surface area contributed by atoms with E-state index in [4.69, 9.17) is 4.52 Å². The molecule has 0 saturated carbocycles. The van der Waals surface area contributed by atoms with E-state index in [-0.39, 0.29) is 17.7 Å². The summed E-state index contributed by atoms with van der Waals surface area (Å²) in [5, 5.41) is 6.86. The highest BCUT2D eigenvalue weighted by atomic mass is 16.5. The Bertz CT molecular complexity index is 1050. The molecule has 0 spiro atoms. The van der Waals surface area contributed by atoms with E-state index in [1.807, 2.05) is 36.1 Å². The summed E-state index contributed by atoms with van der Waals surface area (Å²) in [5.74, 6) is 1.26. The lowest BCUT2D eigenvalue weighted by Gasteiger charge is -2.30. The average molecular weight is 404 g/mol. The van der Waals surface area contributed by atoms with Crippen molar-refractivity contribution in [2.45, 2.75) is 32.6 Å². The molecule has 1 saturated heterocycles. The summed E-state index contributed by atoms with van der Waals surface area (Å²) in [6.07, 6.45) is 1.57. The van der Waals surface area contributed by atoms with Gasteiger partial charge in [-0.2, -0.15) is 4.98 Å². The maximum atomic E-state index is 12.8. The van der Waals surface area contributed by atoms with Crippen LogP contribution < -0.4 is 5.32 Å². The second kappa shape index (κ2) is 8.49. The molecule has 30 heavy (non-hydrogen) atoms. The lowest BCUT2D eigenvalue weighted by atomic mass is 9.96. The summed E-state index contributed by atoms with van der Waals surface area (Å²) < 4.78 is 5.54. The highest BCUT2D eigenvalue weighted by Gasteiger charge is 2.28. The van der Waals surface area contributed by atoms with Crippen molar-refractivity contribution in [2.24, 2.45) is 0 Å². The zero-order valence-corrected chi connectivity index (χ0v) is 17.1. The minimum atomic E-state index is -0.136. The molecule has 2 amide bonds. The first kappa shape index (κ1) is 19.8. The SMILES string of the molecule is CC(=O)Nc1ccc(C(=O)N2CCC(c3nc(-c4ccccc4C)no3)CC2)cc1. The molecule has 154 valence electrons. The Morgan fingerprint density at radius 1 is 1.07 bits per heavy atom. The van der Waals surface area contributed by atoms with Crippen LogP contribution in [-0.4, -0.2) is 39.9 Å². The number of amides is 2. The fourth-order valence-corrected chi connectivity index (χ4v) is 3.75. The quantitative estimate of drug-likeness (QED) is 0.709. The lowest BCUT2D eigenvalue weighted by Crippen LogP contribution is -2.38. The van der Waals surface area contributed by atoms with E-state index in [0.29, 0.717) is 36.1 Å². The van der Waals surface area contributed by atoms with Crippen LogP contribution >= 0.6 is 0 Å². The van der Waals surface area contributed by atoms with E-state index < -0.39 is 0 Å². The number of nitrogens with one attached hydrogen (secondary N) is 1. The number of carbonyl (C=O) groups excluding carboxylic acids is 2. The summed E-state index contributed by atoms with van der Waals surface area (Å²) in [4.78, 5) is 30.4. The molecule has 0 bridgehead atoms. The number of hydrogen-bond acceptors (Lipinski definition) is 5. The van der Waals surface area contributed by atoms with Gasteiger partial charge in [0.25, 0.3) is 5.91 Å². The number of nitrogens with zero attached hydrogens (tertiary/aromatic N) is 3. The molecule has 7 nitrogen and oxygen atoms in total. The molecule has 3 aromatic rings. The van der Waals surface area contributed by atoms with Gasteiger partial charge in [-0.25, -0.2) is 0 Å². The zero-order chi connectivity index (χ0) is 21.1. The molecule has 1 fully saturated rings. The molecular formula is C23H24N4O3. The molecule has 7 heteroatoms. The van der Waals surface area contributed by atoms with Crippen LogP contribution in [0.1, 0.15) is 47.5 Å². The van der Waals surface area contributed by atoms with Crippen LogP contribution in [0, 0.1) is 6.92 Å². The molecule has 2 aromatic carbocycles. The van der Waals surface area contributed by atoms with Crippen molar-refractivity contribution < 1.29 is 14.1 Å². The molecule has 1 aliphatic heterocycles. The largest absolute Gasteiger partial charge is 0.339 e. The van der Waals surface area contributed by atoms with Gasteiger partial charge in [-0.1, -0.05) is 29.4 Å². The molecule has 1 aromatic heterocycles. The number of piperidine rings is 1. The third-order valence-electron chi connectivity index (χ3n) is 5.41. The third-order valence-corrected chi connectivity index (χ3v) is 5.41. The van der Waals surface area contributed by atoms with Crippen molar-refractivity contribution in [1.82, 2.24) is 15.0 Å². The fraction of sp³-hybridized carbons (Fsp3) is 0.304. The number of aryl methyl sites for hydroxylation is 1. The van der Waals surface area contributed by atoms with Gasteiger partial charge in [-0.05, 0) is 49.6 Å². The highest BCUT2D eigenvalue weighted by molar-refractivity contribution is 5.95. The van der Waals surface area contributed by atoms with Crippen LogP contribution in [0.2, 0.25) is 0 Å². The minimum absolute atomic E-state index is 0.00560. The van der Waals surface area contributed by atoms with Crippen LogP contribution in [0.3, 0.4) is 0 Å². The van der Waals surface area contributed by atoms with Gasteiger partial charge in [0, 0.05) is 42.7 Å². The maximum absolute atomic E-state index is 12.8. The molecule has 2 heterocycles. The summed E-state index contributed by atoms with van der Waals surface area (Å²) >= 11 is 0. The number of hydrogen-bond donors (Lipinski definition) is 1. The Balaban J connectivity index is 1.38. The number of carbonyl (C=O) groups is 2. The highest BCUT2D eigenvalue weighted by Crippen LogP contribution is 2.30. The van der Waals surface area contributed by atoms with Crippen molar-refractivity contribution in [3.05, 3.63) is 65.5 Å². The first-order valence-electron chi connectivity index (χ1n) is 10.1. The number of rotatable bonds is 4. The summed E-state index contributed by atoms with van der Waals surface area (Å²) in [6, 6.07) is 14.9. The molecule has 4 rings (SSSR count). The first-order chi connectivity index (χ1) is 14.5. The second-order valence-electron chi connectivity index (χ2n) is 7.60. The number of likely N-dealkylation sites (tertiary alicyclic amines) is 1. The van der Waals surface area contributed by atoms with Crippen molar-refractivity contribution in [3.8, 4) is 11.4 Å². The Morgan fingerprint density at radius 3 is 2.43 bits per heavy atom. The Kier molecular flexibility index (Phi) is 5.61. The molecule has 0 radical (unpaired) electrons. The molecule has 0 atom stereocenters. The van der Waals surface area contributed by atoms with Gasteiger partial charge in [0.15, 0.2) is 0 Å². The van der Waals surface area contributed by atoms with E-state index in [1.54, 1.807) is 24.3 Å². The monoisotopic (exact) mass is 404 g/mol. The van der Waals surface area contributed by atoms with Gasteiger partial charge < -0.3 is 14.7 Å². The fourth-order valence-electron chi connectivity index (χ4n) is 3.75. The predicted molar refractivity (Wildman–Crippen MR) is 113 cm³/mol. The van der Waals surface area contributed by atoms with Crippen molar-refractivity contribution >= 4 is 17.5 Å². The van der Waals surface area contributed by atoms with Gasteiger partial charge in [0.2, 0.25) is 17.6 Å². The summed E-state index contributed by atoms with van der Waals surface area (Å²) in [6.45, 7) is 4.76. The molecule has 1 N–H and O–H groups in total. The van der Waals surface area contributed by atoms with Gasteiger partial charge in [-0.15, -0.1) is 0 Å². The number of anilines is 1. The summed E-state index contributed by atoms with van der Waals surface area (Å²) in [7, 11) is 0. The second-order valence-corrected chi connectivity index (χ2v) is 7.60. The Morgan fingerprint density at radius 2 is 1.77 bits per heavy atom. The van der Waals surface area contributed by atoms with E-state index in [0.717, 1.165) is 24.0 Å². The van der Waals surface area contributed by atoms with Gasteiger partial charge in [0.05, 0.1) is 0 Å². The first-order valence-corrected chi connectivity index (χ1v) is 10.1. The van der Waals surface area contributed by atoms with Crippen molar-refractivity contribution in [1.29, 1.82) is 0 Å². The van der Waals surface area contributed by atoms with E-state index in [2.05, 4.69) is 15.5 Å². The van der Waals surface area contributed by atoms with Gasteiger partial charge in [-0.3, -0.25) is 9.59 Å². The molecule has 0 aliphatic carbocycles. The van der Waals surface area contributed by atoms with Crippen LogP contribution in [0.4, 0.5) is 5.69 Å². The van der Waals surface area contributed by atoms with Gasteiger partial charge in [0.1, 0.15) is 0 Å². The summed E-state index contributed by atoms with van der Waals surface area (Å²) in [5.41, 5.74) is 3.37. The van der Waals surface area contributed by atoms with Crippen LogP contribution in [-0.2, 0) is 4.79 Å². The number of aromatic nitrogens is 2. The molecule has 1 aliphatic rings. The van der Waals surface area contributed by atoms with Crippen LogP contribution in [0.15, 0.2) is 53.1 Å². The van der Waals surface area contributed by atoms with E-state index in [1.165, 1.54) is 6.92 Å². The van der Waals surface area contributed by atoms with Crippen molar-refractivity contribution in [3.63, 3.8) is 0 Å². The Hall–Kier alpha value is -3.48. The van der Waals surface area contributed by atoms with E-state index >= 15 is 0 Å². The van der Waals surface area contributed by atoms with Crippen LogP contribution in [0.5, 0.6) is 0 Å². The predicted octanol–water partition coefficient (Wildman–Crippen LogP) is 4.02. The minimum Gasteiger partial charge on any atom is -0.339 e. The lowest BCUT2D eigenvalue weighted by molar-refractivity contribution is -0.114. The standard InChI is InChI=1S/C23H24N4O3/c1-15-5-3-4-6-20(15)21-25-22(30-26-21)17-11-13-27(14-12-17)23(29)18-7-9-19(10-8-18)24-16(2)28/h3-10,17H,11-14H2,1-2H3,(H,24,28). The third kappa shape index (κ3) is 4.25.